The quantitative estimate of drug-likeness (QED) is 0.0155. The Kier molecular flexibility index (Phi) is 37.4. The van der Waals surface area contributed by atoms with Crippen LogP contribution in [0.25, 0.3) is 0 Å². The van der Waals surface area contributed by atoms with E-state index in [0.717, 1.165) is 51.4 Å². The lowest BCUT2D eigenvalue weighted by Gasteiger charge is -2.24. The van der Waals surface area contributed by atoms with Crippen molar-refractivity contribution in [3.05, 3.63) is 85.1 Å². The van der Waals surface area contributed by atoms with E-state index in [4.69, 9.17) is 18.5 Å². The molecule has 0 fully saturated rings. The van der Waals surface area contributed by atoms with Crippen LogP contribution < -0.4 is 0 Å². The van der Waals surface area contributed by atoms with Crippen molar-refractivity contribution in [2.45, 2.75) is 161 Å². The number of hydrogen-bond donors (Lipinski definition) is 2. The highest BCUT2D eigenvalue weighted by molar-refractivity contribution is 7.47. The topological polar surface area (TPSA) is 129 Å². The minimum atomic E-state index is -4.41. The normalized spacial score (nSPS) is 14.9. The fraction of sp³-hybridized carbons (Fsp3) is 0.667. The summed E-state index contributed by atoms with van der Waals surface area (Å²) < 4.78 is 34.2. The van der Waals surface area contributed by atoms with Gasteiger partial charge in [0.2, 0.25) is 0 Å². The third-order valence-electron chi connectivity index (χ3n) is 9.00. The van der Waals surface area contributed by atoms with Gasteiger partial charge in [0.25, 0.3) is 0 Å². The molecule has 2 N–H and O–H groups in total. The van der Waals surface area contributed by atoms with Gasteiger partial charge in [0, 0.05) is 12.8 Å². The predicted octanol–water partition coefficient (Wildman–Crippen LogP) is 11.8. The van der Waals surface area contributed by atoms with Crippen molar-refractivity contribution in [2.75, 3.05) is 47.5 Å². The summed E-state index contributed by atoms with van der Waals surface area (Å²) in [5.74, 6) is -0.930. The number of likely N-dealkylation sites (N-methyl/N-ethyl adjacent to an activating group) is 1. The molecule has 0 aliphatic rings. The Morgan fingerprint density at radius 2 is 1.20 bits per heavy atom. The zero-order chi connectivity index (χ0) is 43.7. The molecule has 0 aliphatic heterocycles. The number of nitrogens with zero attached hydrogens (tertiary/aromatic N) is 1. The van der Waals surface area contributed by atoms with Crippen LogP contribution in [0.3, 0.4) is 0 Å². The lowest BCUT2D eigenvalue weighted by atomic mass is 10.1. The van der Waals surface area contributed by atoms with Crippen LogP contribution in [0.1, 0.15) is 149 Å². The van der Waals surface area contributed by atoms with E-state index >= 15 is 0 Å². The van der Waals surface area contributed by atoms with Gasteiger partial charge in [-0.2, -0.15) is 0 Å². The summed E-state index contributed by atoms with van der Waals surface area (Å²) in [7, 11) is 1.40. The molecule has 0 aliphatic carbocycles. The Balaban J connectivity index is 4.52. The molecule has 338 valence electrons. The monoisotopic (exact) mass is 849 g/mol. The molecule has 0 rings (SSSR count). The Hall–Kier alpha value is -2.85. The molecular weight excluding hydrogens is 765 g/mol. The second kappa shape index (κ2) is 39.3. The van der Waals surface area contributed by atoms with Crippen LogP contribution in [-0.2, 0) is 32.7 Å². The van der Waals surface area contributed by atoms with Crippen molar-refractivity contribution in [3.8, 4) is 0 Å². The number of unbranched alkanes of at least 4 members (excludes halogenated alkanes) is 11. The number of allylic oxidation sites excluding steroid dienone is 12. The third kappa shape index (κ3) is 43.1. The average Bonchev–Trinajstić information content (AvgIpc) is 3.18. The number of ether oxygens (including phenoxy) is 2. The SMILES string of the molecule is CC/C=C\CC(O)/C=C/C=C/C/C=C\C/C=C\C/C=C\CCC(=O)OC[C@H](COP(=O)(O)OCC[N+](C)(C)C)OC(=O)CCCCCCCCC/C=C\CCCCCC. The molecule has 0 radical (unpaired) electrons. The van der Waals surface area contributed by atoms with Crippen molar-refractivity contribution in [2.24, 2.45) is 0 Å². The first kappa shape index (κ1) is 56.1. The number of quaternary nitrogens is 1. The predicted molar refractivity (Wildman–Crippen MR) is 244 cm³/mol. The second-order valence-corrected chi connectivity index (χ2v) is 17.3. The van der Waals surface area contributed by atoms with E-state index in [1.807, 2.05) is 57.6 Å². The molecule has 0 saturated heterocycles. The van der Waals surface area contributed by atoms with Crippen LogP contribution in [0.2, 0.25) is 0 Å². The number of carbonyl (C=O) groups is 2. The molecule has 3 atom stereocenters. The minimum absolute atomic E-state index is 0.00890. The van der Waals surface area contributed by atoms with Crippen molar-refractivity contribution in [3.63, 3.8) is 0 Å². The number of carbonyl (C=O) groups excluding carboxylic acids is 2. The van der Waals surface area contributed by atoms with Gasteiger partial charge in [-0.15, -0.1) is 0 Å². The van der Waals surface area contributed by atoms with E-state index < -0.39 is 38.6 Å². The number of phosphoric acid groups is 1. The molecule has 0 aromatic carbocycles. The smallest absolute Gasteiger partial charge is 0.462 e. The molecule has 11 heteroatoms. The first-order valence-electron chi connectivity index (χ1n) is 22.4. The second-order valence-electron chi connectivity index (χ2n) is 15.9. The van der Waals surface area contributed by atoms with E-state index in [0.29, 0.717) is 30.3 Å². The van der Waals surface area contributed by atoms with Crippen molar-refractivity contribution in [1.29, 1.82) is 0 Å². The van der Waals surface area contributed by atoms with Gasteiger partial charge in [0.05, 0.1) is 33.9 Å². The van der Waals surface area contributed by atoms with E-state index in [2.05, 4.69) is 56.4 Å². The van der Waals surface area contributed by atoms with E-state index in [9.17, 15) is 24.2 Å². The molecule has 0 aromatic heterocycles. The summed E-state index contributed by atoms with van der Waals surface area (Å²) in [6, 6.07) is 0. The lowest BCUT2D eigenvalue weighted by molar-refractivity contribution is -0.870. The Morgan fingerprint density at radius 1 is 0.627 bits per heavy atom. The molecular formula is C48H83NO9P+. The van der Waals surface area contributed by atoms with Crippen LogP contribution in [-0.4, -0.2) is 86.1 Å². The van der Waals surface area contributed by atoms with Gasteiger partial charge >= 0.3 is 19.8 Å². The molecule has 0 amide bonds. The molecule has 10 nitrogen and oxygen atoms in total. The Labute approximate surface area is 359 Å². The molecule has 0 saturated carbocycles. The summed E-state index contributed by atoms with van der Waals surface area (Å²) in [6.07, 6.45) is 46.9. The Morgan fingerprint density at radius 3 is 1.83 bits per heavy atom. The summed E-state index contributed by atoms with van der Waals surface area (Å²) >= 11 is 0. The number of phosphoric ester groups is 1. The maximum absolute atomic E-state index is 12.7. The summed E-state index contributed by atoms with van der Waals surface area (Å²) in [4.78, 5) is 35.3. The maximum atomic E-state index is 12.7. The van der Waals surface area contributed by atoms with Crippen LogP contribution in [0.15, 0.2) is 85.1 Å². The first-order valence-corrected chi connectivity index (χ1v) is 23.9. The molecule has 2 unspecified atom stereocenters. The van der Waals surface area contributed by atoms with Crippen LogP contribution in [0, 0.1) is 0 Å². The molecule has 0 bridgehead atoms. The maximum Gasteiger partial charge on any atom is 0.472 e. The van der Waals surface area contributed by atoms with Crippen LogP contribution >= 0.6 is 7.82 Å². The van der Waals surface area contributed by atoms with Crippen molar-refractivity contribution in [1.82, 2.24) is 0 Å². The minimum Gasteiger partial charge on any atom is -0.462 e. The van der Waals surface area contributed by atoms with Gasteiger partial charge in [0.15, 0.2) is 6.10 Å². The lowest BCUT2D eigenvalue weighted by Crippen LogP contribution is -2.37. The van der Waals surface area contributed by atoms with Crippen molar-refractivity contribution >= 4 is 19.8 Å². The van der Waals surface area contributed by atoms with Gasteiger partial charge in [-0.25, -0.2) is 4.57 Å². The van der Waals surface area contributed by atoms with E-state index in [-0.39, 0.29) is 26.1 Å². The molecule has 0 aromatic rings. The van der Waals surface area contributed by atoms with Crippen LogP contribution in [0.4, 0.5) is 0 Å². The number of aliphatic hydroxyl groups excluding tert-OH is 1. The summed E-state index contributed by atoms with van der Waals surface area (Å²) in [5.41, 5.74) is 0. The van der Waals surface area contributed by atoms with Gasteiger partial charge in [-0.05, 0) is 70.6 Å². The largest absolute Gasteiger partial charge is 0.472 e. The summed E-state index contributed by atoms with van der Waals surface area (Å²) in [6.45, 7) is 4.08. The molecule has 0 heterocycles. The fourth-order valence-electron chi connectivity index (χ4n) is 5.47. The zero-order valence-corrected chi connectivity index (χ0v) is 38.5. The highest BCUT2D eigenvalue weighted by atomic mass is 31.2. The molecule has 59 heavy (non-hydrogen) atoms. The number of esters is 2. The van der Waals surface area contributed by atoms with Gasteiger partial charge in [-0.1, -0.05) is 150 Å². The molecule has 0 spiro atoms. The number of aliphatic hydroxyl groups is 1. The number of hydrogen-bond acceptors (Lipinski definition) is 8. The van der Waals surface area contributed by atoms with Gasteiger partial charge < -0.3 is 24.0 Å². The van der Waals surface area contributed by atoms with Crippen LogP contribution in [0.5, 0.6) is 0 Å². The number of rotatable bonds is 39. The van der Waals surface area contributed by atoms with E-state index in [1.54, 1.807) is 6.08 Å². The first-order chi connectivity index (χ1) is 28.4. The average molecular weight is 849 g/mol. The standard InChI is InChI=1S/C48H82NO9P/c1-6-8-10-11-12-13-14-15-16-19-23-26-29-32-36-40-48(52)58-46(44-57-59(53,54)56-42-41-49(3,4)5)43-55-47(51)39-35-31-28-25-22-20-17-18-21-24-27-30-34-38-45(50)37-33-9-7-2/h9,13-14,18,20-22,27-28,30-31,33-34,38,45-46,50H,6-8,10-12,15-17,19,23-26,29,32,35-37,39-44H2,1-5H3/p+1/b14-13-,21-18-,22-20-,30-27+,31-28-,33-9-,38-34+/t45?,46-/m1/s1. The fourth-order valence-corrected chi connectivity index (χ4v) is 6.21. The summed E-state index contributed by atoms with van der Waals surface area (Å²) in [5, 5.41) is 9.84. The Bertz CT molecular complexity index is 1300. The highest BCUT2D eigenvalue weighted by Gasteiger charge is 2.27. The highest BCUT2D eigenvalue weighted by Crippen LogP contribution is 2.43. The van der Waals surface area contributed by atoms with Gasteiger partial charge in [-0.3, -0.25) is 18.6 Å². The van der Waals surface area contributed by atoms with Crippen molar-refractivity contribution < 1.29 is 47.2 Å². The third-order valence-corrected chi connectivity index (χ3v) is 9.99. The van der Waals surface area contributed by atoms with Gasteiger partial charge in [0.1, 0.15) is 19.8 Å². The zero-order valence-electron chi connectivity index (χ0n) is 37.6. The van der Waals surface area contributed by atoms with E-state index in [1.165, 1.54) is 51.4 Å².